The summed E-state index contributed by atoms with van der Waals surface area (Å²) < 4.78 is 4.62. The fraction of sp³-hybridized carbons (Fsp3) is 0.500. The molecule has 5 nitrogen and oxygen atoms in total. The third kappa shape index (κ3) is 4.45. The lowest BCUT2D eigenvalue weighted by Gasteiger charge is -2.23. The summed E-state index contributed by atoms with van der Waals surface area (Å²) in [6.07, 6.45) is 1.92. The Morgan fingerprint density at radius 1 is 1.36 bits per heavy atom. The van der Waals surface area contributed by atoms with E-state index in [1.807, 2.05) is 47.2 Å². The van der Waals surface area contributed by atoms with Crippen molar-refractivity contribution in [3.63, 3.8) is 0 Å². The molecule has 0 saturated carbocycles. The summed E-state index contributed by atoms with van der Waals surface area (Å²) in [7, 11) is 3.33. The number of benzene rings is 1. The molecule has 0 aliphatic carbocycles. The molecule has 1 aliphatic heterocycles. The normalized spacial score (nSPS) is 17.5. The molecule has 2 rings (SSSR count). The summed E-state index contributed by atoms with van der Waals surface area (Å²) in [5, 5.41) is 0. The molecule has 22 heavy (non-hydrogen) atoms. The fourth-order valence-corrected chi connectivity index (χ4v) is 2.67. The number of anilines is 1. The van der Waals surface area contributed by atoms with Crippen molar-refractivity contribution in [1.82, 2.24) is 4.90 Å². The number of rotatable bonds is 6. The van der Waals surface area contributed by atoms with Gasteiger partial charge in [0, 0.05) is 18.7 Å². The highest BCUT2D eigenvalue weighted by molar-refractivity contribution is 5.99. The highest BCUT2D eigenvalue weighted by Crippen LogP contribution is 2.23. The van der Waals surface area contributed by atoms with Gasteiger partial charge in [0.25, 0.3) is 0 Å². The van der Waals surface area contributed by atoms with Crippen molar-refractivity contribution in [1.29, 1.82) is 0 Å². The van der Waals surface area contributed by atoms with Gasteiger partial charge in [-0.2, -0.15) is 0 Å². The number of para-hydroxylation sites is 1. The van der Waals surface area contributed by atoms with Crippen LogP contribution in [0, 0.1) is 0 Å². The van der Waals surface area contributed by atoms with Gasteiger partial charge in [0.2, 0.25) is 5.91 Å². The summed E-state index contributed by atoms with van der Waals surface area (Å²) in [6.45, 7) is 1.46. The van der Waals surface area contributed by atoms with Gasteiger partial charge in [-0.1, -0.05) is 18.2 Å². The molecule has 0 N–H and O–H groups in total. The van der Waals surface area contributed by atoms with Gasteiger partial charge < -0.3 is 9.64 Å². The van der Waals surface area contributed by atoms with Crippen LogP contribution in [-0.4, -0.2) is 50.1 Å². The maximum atomic E-state index is 12.5. The molecule has 0 bridgehead atoms. The average molecular weight is 327 g/mol. The minimum atomic E-state index is -0.202. The SMILES string of the molecule is COC(=O)CCCN(C)C1CCN(c2ccccc2)C1=O.Cl. The highest BCUT2D eigenvalue weighted by Gasteiger charge is 2.34. The van der Waals surface area contributed by atoms with E-state index in [1.165, 1.54) is 7.11 Å². The summed E-state index contributed by atoms with van der Waals surface area (Å²) >= 11 is 0. The molecular weight excluding hydrogens is 304 g/mol. The van der Waals surface area contributed by atoms with Crippen molar-refractivity contribution in [3.8, 4) is 0 Å². The first-order valence-electron chi connectivity index (χ1n) is 7.27. The predicted octanol–water partition coefficient (Wildman–Crippen LogP) is 2.10. The lowest BCUT2D eigenvalue weighted by atomic mass is 10.2. The van der Waals surface area contributed by atoms with Gasteiger partial charge in [0.15, 0.2) is 0 Å². The molecule has 1 aliphatic rings. The molecule has 0 aromatic heterocycles. The van der Waals surface area contributed by atoms with Crippen molar-refractivity contribution in [2.45, 2.75) is 25.3 Å². The summed E-state index contributed by atoms with van der Waals surface area (Å²) in [4.78, 5) is 27.5. The van der Waals surface area contributed by atoms with Crippen molar-refractivity contribution in [2.24, 2.45) is 0 Å². The van der Waals surface area contributed by atoms with Gasteiger partial charge in [-0.05, 0) is 38.6 Å². The number of carbonyl (C=O) groups excluding carboxylic acids is 2. The molecule has 1 fully saturated rings. The number of hydrogen-bond acceptors (Lipinski definition) is 4. The molecule has 122 valence electrons. The van der Waals surface area contributed by atoms with Gasteiger partial charge in [-0.15, -0.1) is 12.4 Å². The van der Waals surface area contributed by atoms with Crippen LogP contribution in [0.25, 0.3) is 0 Å². The third-order valence-corrected chi connectivity index (χ3v) is 3.90. The van der Waals surface area contributed by atoms with Gasteiger partial charge in [-0.25, -0.2) is 0 Å². The highest BCUT2D eigenvalue weighted by atomic mass is 35.5. The van der Waals surface area contributed by atoms with Crippen molar-refractivity contribution >= 4 is 30.0 Å². The largest absolute Gasteiger partial charge is 0.469 e. The maximum absolute atomic E-state index is 12.5. The molecule has 0 radical (unpaired) electrons. The molecule has 1 aromatic rings. The molecule has 6 heteroatoms. The van der Waals surface area contributed by atoms with Crippen LogP contribution in [0.15, 0.2) is 30.3 Å². The molecule has 1 amide bonds. The van der Waals surface area contributed by atoms with Crippen LogP contribution in [0.2, 0.25) is 0 Å². The minimum absolute atomic E-state index is 0. The maximum Gasteiger partial charge on any atom is 0.305 e. The second-order valence-corrected chi connectivity index (χ2v) is 5.29. The van der Waals surface area contributed by atoms with E-state index < -0.39 is 0 Å². The van der Waals surface area contributed by atoms with Gasteiger partial charge in [-0.3, -0.25) is 14.5 Å². The second-order valence-electron chi connectivity index (χ2n) is 5.29. The summed E-state index contributed by atoms with van der Waals surface area (Å²) in [5.74, 6) is -0.0613. The Balaban J connectivity index is 0.00000242. The number of halogens is 1. The first kappa shape index (κ1) is 18.5. The Bertz CT molecular complexity index is 495. The second kappa shape index (κ2) is 8.76. The summed E-state index contributed by atoms with van der Waals surface area (Å²) in [5.41, 5.74) is 0.952. The molecule has 1 atom stereocenters. The van der Waals surface area contributed by atoms with E-state index in [1.54, 1.807) is 0 Å². The van der Waals surface area contributed by atoms with Gasteiger partial charge in [0.05, 0.1) is 13.2 Å². The standard InChI is InChI=1S/C16H22N2O3.ClH/c1-17(11-6-9-15(19)21-2)14-10-12-18(16(14)20)13-7-4-3-5-8-13;/h3-5,7-8,14H,6,9-12H2,1-2H3;1H. The van der Waals surface area contributed by atoms with Crippen LogP contribution in [0.5, 0.6) is 0 Å². The van der Waals surface area contributed by atoms with Crippen LogP contribution in [0.3, 0.4) is 0 Å². The Kier molecular flexibility index (Phi) is 7.35. The van der Waals surface area contributed by atoms with E-state index in [0.717, 1.165) is 18.7 Å². The average Bonchev–Trinajstić information content (AvgIpc) is 2.89. The molecule has 1 aromatic carbocycles. The lowest BCUT2D eigenvalue weighted by Crippen LogP contribution is -2.40. The van der Waals surface area contributed by atoms with Crippen molar-refractivity contribution in [2.75, 3.05) is 32.1 Å². The molecule has 1 unspecified atom stereocenters. The zero-order chi connectivity index (χ0) is 15.2. The zero-order valence-corrected chi connectivity index (χ0v) is 13.8. The predicted molar refractivity (Wildman–Crippen MR) is 88.3 cm³/mol. The van der Waals surface area contributed by atoms with Crippen LogP contribution in [-0.2, 0) is 14.3 Å². The number of likely N-dealkylation sites (N-methyl/N-ethyl adjacent to an activating group) is 1. The van der Waals surface area contributed by atoms with Crippen LogP contribution in [0.4, 0.5) is 5.69 Å². The number of methoxy groups -OCH3 is 1. The van der Waals surface area contributed by atoms with Crippen molar-refractivity contribution in [3.05, 3.63) is 30.3 Å². The van der Waals surface area contributed by atoms with E-state index in [-0.39, 0.29) is 30.3 Å². The quantitative estimate of drug-likeness (QED) is 0.751. The van der Waals surface area contributed by atoms with Crippen LogP contribution >= 0.6 is 12.4 Å². The monoisotopic (exact) mass is 326 g/mol. The van der Waals surface area contributed by atoms with Gasteiger partial charge in [0.1, 0.15) is 0 Å². The number of nitrogens with zero attached hydrogens (tertiary/aromatic N) is 2. The molecule has 1 saturated heterocycles. The molecular formula is C16H23ClN2O3. The number of amides is 1. The van der Waals surface area contributed by atoms with E-state index in [4.69, 9.17) is 0 Å². The first-order valence-corrected chi connectivity index (χ1v) is 7.27. The van der Waals surface area contributed by atoms with E-state index in [2.05, 4.69) is 4.74 Å². The van der Waals surface area contributed by atoms with Gasteiger partial charge >= 0.3 is 5.97 Å². The Labute approximate surface area is 137 Å². The number of carbonyl (C=O) groups is 2. The number of ether oxygens (including phenoxy) is 1. The van der Waals surface area contributed by atoms with E-state index in [0.29, 0.717) is 19.4 Å². The summed E-state index contributed by atoms with van der Waals surface area (Å²) in [6, 6.07) is 9.64. The van der Waals surface area contributed by atoms with Crippen molar-refractivity contribution < 1.29 is 14.3 Å². The molecule has 0 spiro atoms. The smallest absolute Gasteiger partial charge is 0.305 e. The third-order valence-electron chi connectivity index (χ3n) is 3.90. The zero-order valence-electron chi connectivity index (χ0n) is 13.0. The van der Waals surface area contributed by atoms with Crippen LogP contribution < -0.4 is 4.90 Å². The Hall–Kier alpha value is -1.59. The number of esters is 1. The minimum Gasteiger partial charge on any atom is -0.469 e. The molecule has 1 heterocycles. The first-order chi connectivity index (χ1) is 10.1. The number of hydrogen-bond donors (Lipinski definition) is 0. The van der Waals surface area contributed by atoms with E-state index >= 15 is 0 Å². The van der Waals surface area contributed by atoms with Crippen LogP contribution in [0.1, 0.15) is 19.3 Å². The Morgan fingerprint density at radius 2 is 2.05 bits per heavy atom. The topological polar surface area (TPSA) is 49.9 Å². The van der Waals surface area contributed by atoms with E-state index in [9.17, 15) is 9.59 Å². The fourth-order valence-electron chi connectivity index (χ4n) is 2.67. The lowest BCUT2D eigenvalue weighted by molar-refractivity contribution is -0.140. The Morgan fingerprint density at radius 3 is 2.68 bits per heavy atom.